The van der Waals surface area contributed by atoms with Gasteiger partial charge >= 0.3 is 5.97 Å². The normalized spacial score (nSPS) is 20.2. The summed E-state index contributed by atoms with van der Waals surface area (Å²) >= 11 is 0. The van der Waals surface area contributed by atoms with Crippen LogP contribution in [0, 0.1) is 6.92 Å². The van der Waals surface area contributed by atoms with Crippen LogP contribution in [0.25, 0.3) is 0 Å². The first-order valence-electron chi connectivity index (χ1n) is 10.2. The number of esters is 1. The van der Waals surface area contributed by atoms with Gasteiger partial charge in [-0.2, -0.15) is 0 Å². The molecule has 2 aromatic rings. The topological polar surface area (TPSA) is 86.0 Å². The highest BCUT2D eigenvalue weighted by molar-refractivity contribution is 5.96. The van der Waals surface area contributed by atoms with E-state index in [1.807, 2.05) is 0 Å². The van der Waals surface area contributed by atoms with E-state index in [1.165, 1.54) is 35.6 Å². The number of carbonyl (C=O) groups is 1. The van der Waals surface area contributed by atoms with Gasteiger partial charge in [0.05, 0.1) is 7.11 Å². The molecule has 0 amide bonds. The monoisotopic (exact) mass is 397 g/mol. The number of amidine groups is 1. The third kappa shape index (κ3) is 3.39. The Kier molecular flexibility index (Phi) is 5.30. The maximum Gasteiger partial charge on any atom is 0.358 e. The van der Waals surface area contributed by atoms with Gasteiger partial charge in [0.2, 0.25) is 0 Å². The minimum Gasteiger partial charge on any atom is -0.466 e. The van der Waals surface area contributed by atoms with Gasteiger partial charge in [0.1, 0.15) is 18.5 Å². The van der Waals surface area contributed by atoms with Gasteiger partial charge in [-0.05, 0) is 61.3 Å². The quantitative estimate of drug-likeness (QED) is 0.749. The van der Waals surface area contributed by atoms with E-state index in [0.29, 0.717) is 11.7 Å². The van der Waals surface area contributed by atoms with Gasteiger partial charge < -0.3 is 19.3 Å². The minimum atomic E-state index is -1.42. The van der Waals surface area contributed by atoms with Crippen LogP contribution in [0.3, 0.4) is 0 Å². The lowest BCUT2D eigenvalue weighted by Gasteiger charge is -2.24. The molecule has 2 heterocycles. The maximum absolute atomic E-state index is 12.5. The lowest BCUT2D eigenvalue weighted by atomic mass is 9.95. The molecule has 7 nitrogen and oxygen atoms in total. The zero-order valence-corrected chi connectivity index (χ0v) is 17.2. The van der Waals surface area contributed by atoms with Crippen molar-refractivity contribution in [2.45, 2.75) is 58.0 Å². The third-order valence-electron chi connectivity index (χ3n) is 5.88. The highest BCUT2D eigenvalue weighted by Gasteiger charge is 2.51. The molecule has 1 aromatic carbocycles. The number of fused-ring (bicyclic) bond motifs is 1. The fourth-order valence-corrected chi connectivity index (χ4v) is 4.23. The number of carbonyl (C=O) groups excluding carboxylic acids is 1. The van der Waals surface area contributed by atoms with E-state index in [1.54, 1.807) is 6.07 Å². The third-order valence-corrected chi connectivity index (χ3v) is 5.88. The van der Waals surface area contributed by atoms with E-state index in [2.05, 4.69) is 35.4 Å². The summed E-state index contributed by atoms with van der Waals surface area (Å²) < 4.78 is 15.9. The zero-order chi connectivity index (χ0) is 20.4. The Balaban J connectivity index is 1.63. The summed E-state index contributed by atoms with van der Waals surface area (Å²) in [6.07, 6.45) is 8.07. The summed E-state index contributed by atoms with van der Waals surface area (Å²) in [5.41, 5.74) is 5.31. The Hall–Kier alpha value is -2.83. The highest BCUT2D eigenvalue weighted by atomic mass is 16.6. The number of rotatable bonds is 6. The van der Waals surface area contributed by atoms with Gasteiger partial charge in [0.15, 0.2) is 0 Å². The number of hydrogen-bond acceptors (Lipinski definition) is 7. The molecule has 0 radical (unpaired) electrons. The molecule has 1 aliphatic carbocycles. The molecule has 154 valence electrons. The van der Waals surface area contributed by atoms with Crippen molar-refractivity contribution in [2.24, 2.45) is 4.99 Å². The number of hydrogen-bond donors (Lipinski definition) is 1. The second-order valence-electron chi connectivity index (χ2n) is 7.68. The summed E-state index contributed by atoms with van der Waals surface area (Å²) in [6.45, 7) is 4.44. The summed E-state index contributed by atoms with van der Waals surface area (Å²) in [6, 6.07) is 4.27. The summed E-state index contributed by atoms with van der Waals surface area (Å²) in [5.74, 6) is -0.550. The van der Waals surface area contributed by atoms with Crippen molar-refractivity contribution in [3.05, 3.63) is 46.3 Å². The van der Waals surface area contributed by atoms with Crippen molar-refractivity contribution < 1.29 is 18.8 Å². The predicted molar refractivity (Wildman–Crippen MR) is 109 cm³/mol. The van der Waals surface area contributed by atoms with E-state index >= 15 is 0 Å². The number of nitrogens with zero attached hydrogens (tertiary/aromatic N) is 2. The standard InChI is InChI=1S/C22H27N3O4/c1-4-5-7-15-12-16-8-6-9-17(16)19(14(15)2)24-21-23-13-22(29-21,20(26)27-3)18-10-11-28-25-18/h10-12H,4-9,13H2,1-3H3,(H,23,24). The Labute approximate surface area is 170 Å². The summed E-state index contributed by atoms with van der Waals surface area (Å²) in [7, 11) is 1.33. The van der Waals surface area contributed by atoms with Crippen LogP contribution in [0.5, 0.6) is 0 Å². The minimum absolute atomic E-state index is 0.0886. The van der Waals surface area contributed by atoms with Gasteiger partial charge in [-0.25, -0.2) is 9.79 Å². The van der Waals surface area contributed by atoms with E-state index in [9.17, 15) is 4.79 Å². The summed E-state index contributed by atoms with van der Waals surface area (Å²) in [5, 5.41) is 7.29. The van der Waals surface area contributed by atoms with Crippen molar-refractivity contribution in [3.63, 3.8) is 0 Å². The van der Waals surface area contributed by atoms with E-state index in [-0.39, 0.29) is 6.54 Å². The molecule has 0 spiro atoms. The Morgan fingerprint density at radius 2 is 2.24 bits per heavy atom. The molecular weight excluding hydrogens is 370 g/mol. The van der Waals surface area contributed by atoms with Crippen molar-refractivity contribution in [1.29, 1.82) is 0 Å². The first kappa shape index (κ1) is 19.5. The lowest BCUT2D eigenvalue weighted by Crippen LogP contribution is -2.41. The number of ether oxygens (including phenoxy) is 2. The van der Waals surface area contributed by atoms with Gasteiger partial charge in [-0.3, -0.25) is 0 Å². The van der Waals surface area contributed by atoms with E-state index < -0.39 is 11.6 Å². The largest absolute Gasteiger partial charge is 0.466 e. The van der Waals surface area contributed by atoms with Gasteiger partial charge in [-0.15, -0.1) is 0 Å². The van der Waals surface area contributed by atoms with Crippen LogP contribution in [0.1, 0.15) is 54.1 Å². The molecule has 7 heteroatoms. The molecule has 1 aliphatic heterocycles. The molecule has 0 fully saturated rings. The fourth-order valence-electron chi connectivity index (χ4n) is 4.23. The van der Waals surface area contributed by atoms with Crippen LogP contribution in [0.4, 0.5) is 5.69 Å². The van der Waals surface area contributed by atoms with E-state index in [0.717, 1.165) is 44.2 Å². The predicted octanol–water partition coefficient (Wildman–Crippen LogP) is 3.68. The average Bonchev–Trinajstić information content (AvgIpc) is 3.48. The van der Waals surface area contributed by atoms with Crippen LogP contribution in [-0.2, 0) is 39.1 Å². The molecule has 1 aromatic heterocycles. The van der Waals surface area contributed by atoms with Crippen molar-refractivity contribution in [3.8, 4) is 0 Å². The van der Waals surface area contributed by atoms with Crippen LogP contribution >= 0.6 is 0 Å². The first-order chi connectivity index (χ1) is 14.1. The molecule has 1 atom stereocenters. The number of benzene rings is 1. The first-order valence-corrected chi connectivity index (χ1v) is 10.2. The SMILES string of the molecule is CCCCc1cc2c(c(NC3=NCC(C(=O)OC)(c4ccon4)O3)c1C)CCC2. The second-order valence-corrected chi connectivity index (χ2v) is 7.68. The average molecular weight is 397 g/mol. The number of aryl methyl sites for hydroxylation is 2. The molecule has 1 unspecified atom stereocenters. The van der Waals surface area contributed by atoms with Crippen LogP contribution in [-0.4, -0.2) is 30.8 Å². The van der Waals surface area contributed by atoms with Crippen molar-refractivity contribution in [2.75, 3.05) is 19.0 Å². The molecule has 1 N–H and O–H groups in total. The number of unbranched alkanes of at least 4 members (excludes halogenated alkanes) is 1. The number of methoxy groups -OCH3 is 1. The molecule has 29 heavy (non-hydrogen) atoms. The Morgan fingerprint density at radius 3 is 2.97 bits per heavy atom. The second kappa shape index (κ2) is 7.89. The Morgan fingerprint density at radius 1 is 1.38 bits per heavy atom. The highest BCUT2D eigenvalue weighted by Crippen LogP contribution is 2.37. The Bertz CT molecular complexity index is 936. The number of nitrogens with one attached hydrogen (secondary N) is 1. The van der Waals surface area contributed by atoms with Crippen LogP contribution in [0.2, 0.25) is 0 Å². The summed E-state index contributed by atoms with van der Waals surface area (Å²) in [4.78, 5) is 17.0. The van der Waals surface area contributed by atoms with E-state index in [4.69, 9.17) is 14.0 Å². The van der Waals surface area contributed by atoms with Gasteiger partial charge in [-0.1, -0.05) is 24.6 Å². The smallest absolute Gasteiger partial charge is 0.358 e. The number of aliphatic imine (C=N–C) groups is 1. The maximum atomic E-state index is 12.5. The molecule has 0 bridgehead atoms. The fraction of sp³-hybridized carbons (Fsp3) is 0.500. The van der Waals surface area contributed by atoms with Gasteiger partial charge in [0.25, 0.3) is 11.6 Å². The molecule has 0 saturated carbocycles. The van der Waals surface area contributed by atoms with Crippen molar-refractivity contribution >= 4 is 17.7 Å². The number of anilines is 1. The van der Waals surface area contributed by atoms with Gasteiger partial charge in [0, 0.05) is 11.8 Å². The lowest BCUT2D eigenvalue weighted by molar-refractivity contribution is -0.159. The molecule has 0 saturated heterocycles. The zero-order valence-electron chi connectivity index (χ0n) is 17.2. The molecular formula is C22H27N3O4. The molecule has 4 rings (SSSR count). The van der Waals surface area contributed by atoms with Crippen LogP contribution in [0.15, 0.2) is 27.9 Å². The van der Waals surface area contributed by atoms with Crippen LogP contribution < -0.4 is 5.32 Å². The molecule has 2 aliphatic rings. The number of aromatic nitrogens is 1. The van der Waals surface area contributed by atoms with Crippen molar-refractivity contribution in [1.82, 2.24) is 5.16 Å².